The van der Waals surface area contributed by atoms with Gasteiger partial charge in [-0.05, 0) is 72.4 Å². The number of nitriles is 1. The smallest absolute Gasteiger partial charge is 0.237 e. The first-order valence-electron chi connectivity index (χ1n) is 13.4. The van der Waals surface area contributed by atoms with Crippen LogP contribution in [-0.4, -0.2) is 50.2 Å². The topological polar surface area (TPSA) is 102 Å². The number of pyridine rings is 1. The summed E-state index contributed by atoms with van der Waals surface area (Å²) in [5.41, 5.74) is 5.13. The minimum absolute atomic E-state index is 0.137. The molecule has 0 unspecified atom stereocenters. The van der Waals surface area contributed by atoms with Crippen LogP contribution in [0.4, 0.5) is 11.6 Å². The van der Waals surface area contributed by atoms with Crippen LogP contribution in [0.5, 0.6) is 5.88 Å². The van der Waals surface area contributed by atoms with Crippen molar-refractivity contribution in [2.75, 3.05) is 32.2 Å². The first kappa shape index (κ1) is 28.7. The van der Waals surface area contributed by atoms with Crippen molar-refractivity contribution < 1.29 is 13.9 Å². The van der Waals surface area contributed by atoms with E-state index in [1.54, 1.807) is 19.5 Å². The zero-order valence-electron chi connectivity index (χ0n) is 24.1. The van der Waals surface area contributed by atoms with E-state index in [9.17, 15) is 5.26 Å². The van der Waals surface area contributed by atoms with E-state index in [2.05, 4.69) is 68.2 Å². The Labute approximate surface area is 232 Å². The molecule has 0 aliphatic heterocycles. The lowest BCUT2D eigenvalue weighted by Crippen LogP contribution is -2.44. The van der Waals surface area contributed by atoms with Crippen LogP contribution in [0.3, 0.4) is 0 Å². The molecule has 0 saturated heterocycles. The van der Waals surface area contributed by atoms with Crippen molar-refractivity contribution in [3.63, 3.8) is 0 Å². The number of hydrogen-bond donors (Lipinski definition) is 1. The molecule has 2 aromatic heterocycles. The standard InChI is InChI=1S/C30H39N5O3Si/c1-29(2,3)39(6,7)38-20-30(4)12-10-23-22(19-31)17-21(18-24(23)30)25-11-14-33-28(34-25)35-26-9-8-13-32-27(26)37-16-15-36-5/h8-9,11,13-14,17-18H,10,12,15-16,20H2,1-7H3,(H,33,34,35)/t30-/m0/s1. The normalized spacial score (nSPS) is 17.0. The molecule has 1 aliphatic rings. The fourth-order valence-electron chi connectivity index (χ4n) is 4.49. The van der Waals surface area contributed by atoms with Crippen molar-refractivity contribution >= 4 is 20.0 Å². The van der Waals surface area contributed by atoms with E-state index in [-0.39, 0.29) is 10.5 Å². The fourth-order valence-corrected chi connectivity index (χ4v) is 5.60. The largest absolute Gasteiger partial charge is 0.474 e. The number of rotatable bonds is 10. The highest BCUT2D eigenvalue weighted by Gasteiger charge is 2.42. The van der Waals surface area contributed by atoms with Crippen LogP contribution in [0.1, 0.15) is 50.8 Å². The predicted octanol–water partition coefficient (Wildman–Crippen LogP) is 6.40. The molecule has 0 fully saturated rings. The molecule has 1 aliphatic carbocycles. The predicted molar refractivity (Wildman–Crippen MR) is 156 cm³/mol. The molecule has 0 radical (unpaired) electrons. The monoisotopic (exact) mass is 545 g/mol. The average Bonchev–Trinajstić information content (AvgIpc) is 3.24. The van der Waals surface area contributed by atoms with E-state index in [1.807, 2.05) is 24.3 Å². The maximum absolute atomic E-state index is 10.0. The van der Waals surface area contributed by atoms with E-state index in [0.717, 1.165) is 29.7 Å². The Bertz CT molecular complexity index is 1370. The van der Waals surface area contributed by atoms with Gasteiger partial charge in [0.2, 0.25) is 11.8 Å². The van der Waals surface area contributed by atoms with Crippen LogP contribution < -0.4 is 10.1 Å². The summed E-state index contributed by atoms with van der Waals surface area (Å²) in [5.74, 6) is 0.866. The maximum atomic E-state index is 10.0. The molecular weight excluding hydrogens is 506 g/mol. The second-order valence-electron chi connectivity index (χ2n) is 11.9. The first-order valence-corrected chi connectivity index (χ1v) is 16.3. The van der Waals surface area contributed by atoms with Crippen molar-refractivity contribution in [2.24, 2.45) is 0 Å². The molecule has 8 nitrogen and oxygen atoms in total. The summed E-state index contributed by atoms with van der Waals surface area (Å²) >= 11 is 0. The zero-order chi connectivity index (χ0) is 28.3. The number of benzene rings is 1. The van der Waals surface area contributed by atoms with Gasteiger partial charge in [-0.15, -0.1) is 0 Å². The molecular formula is C30H39N5O3Si. The molecule has 9 heteroatoms. The number of ether oxygens (including phenoxy) is 2. The number of hydrogen-bond acceptors (Lipinski definition) is 8. The van der Waals surface area contributed by atoms with Crippen LogP contribution >= 0.6 is 0 Å². The van der Waals surface area contributed by atoms with Gasteiger partial charge in [0, 0.05) is 37.1 Å². The Morgan fingerprint density at radius 1 is 1.13 bits per heavy atom. The lowest BCUT2D eigenvalue weighted by molar-refractivity contribution is 0.144. The van der Waals surface area contributed by atoms with Gasteiger partial charge < -0.3 is 19.2 Å². The van der Waals surface area contributed by atoms with Crippen LogP contribution in [0.2, 0.25) is 18.1 Å². The van der Waals surface area contributed by atoms with Gasteiger partial charge in [-0.1, -0.05) is 27.7 Å². The second-order valence-corrected chi connectivity index (χ2v) is 16.7. The molecule has 0 spiro atoms. The van der Waals surface area contributed by atoms with Crippen LogP contribution in [0.15, 0.2) is 42.7 Å². The number of aromatic nitrogens is 3. The molecule has 3 aromatic rings. The molecule has 2 heterocycles. The van der Waals surface area contributed by atoms with Crippen molar-refractivity contribution in [3.8, 4) is 23.2 Å². The van der Waals surface area contributed by atoms with Gasteiger partial charge in [-0.2, -0.15) is 5.26 Å². The van der Waals surface area contributed by atoms with E-state index in [0.29, 0.717) is 42.9 Å². The second kappa shape index (κ2) is 11.4. The average molecular weight is 546 g/mol. The number of anilines is 2. The Hall–Kier alpha value is -3.32. The molecule has 1 aromatic carbocycles. The Morgan fingerprint density at radius 3 is 2.64 bits per heavy atom. The number of methoxy groups -OCH3 is 1. The third-order valence-corrected chi connectivity index (χ3v) is 12.5. The molecule has 1 N–H and O–H groups in total. The minimum atomic E-state index is -1.92. The van der Waals surface area contributed by atoms with E-state index >= 15 is 0 Å². The number of nitrogens with zero attached hydrogens (tertiary/aromatic N) is 4. The molecule has 1 atom stereocenters. The Balaban J connectivity index is 1.63. The van der Waals surface area contributed by atoms with Crippen molar-refractivity contribution in [1.29, 1.82) is 5.26 Å². The van der Waals surface area contributed by atoms with Gasteiger partial charge in [0.15, 0.2) is 8.32 Å². The minimum Gasteiger partial charge on any atom is -0.474 e. The molecule has 0 amide bonds. The molecule has 206 valence electrons. The fraction of sp³-hybridized carbons (Fsp3) is 0.467. The molecule has 0 bridgehead atoms. The van der Waals surface area contributed by atoms with E-state index in [4.69, 9.17) is 18.9 Å². The van der Waals surface area contributed by atoms with Crippen molar-refractivity contribution in [1.82, 2.24) is 15.0 Å². The molecule has 4 rings (SSSR count). The van der Waals surface area contributed by atoms with Gasteiger partial charge in [0.25, 0.3) is 0 Å². The third-order valence-electron chi connectivity index (χ3n) is 8.00. The van der Waals surface area contributed by atoms with Gasteiger partial charge in [0.1, 0.15) is 12.3 Å². The van der Waals surface area contributed by atoms with Crippen LogP contribution in [-0.2, 0) is 21.0 Å². The first-order chi connectivity index (χ1) is 18.5. The van der Waals surface area contributed by atoms with Crippen molar-refractivity contribution in [3.05, 3.63) is 59.4 Å². The lowest BCUT2D eigenvalue weighted by Gasteiger charge is -2.39. The van der Waals surface area contributed by atoms with Gasteiger partial charge in [0.05, 0.1) is 23.9 Å². The summed E-state index contributed by atoms with van der Waals surface area (Å²) in [7, 11) is -0.291. The summed E-state index contributed by atoms with van der Waals surface area (Å²) in [6.07, 6.45) is 5.22. The lowest BCUT2D eigenvalue weighted by atomic mass is 9.83. The highest BCUT2D eigenvalue weighted by atomic mass is 28.4. The van der Waals surface area contributed by atoms with Gasteiger partial charge in [-0.3, -0.25) is 0 Å². The van der Waals surface area contributed by atoms with Crippen molar-refractivity contribution in [2.45, 2.75) is 64.1 Å². The number of fused-ring (bicyclic) bond motifs is 1. The van der Waals surface area contributed by atoms with E-state index in [1.165, 1.54) is 5.56 Å². The molecule has 39 heavy (non-hydrogen) atoms. The van der Waals surface area contributed by atoms with Gasteiger partial charge >= 0.3 is 0 Å². The maximum Gasteiger partial charge on any atom is 0.237 e. The number of nitrogens with one attached hydrogen (secondary N) is 1. The van der Waals surface area contributed by atoms with Crippen LogP contribution in [0.25, 0.3) is 11.3 Å². The summed E-state index contributed by atoms with van der Waals surface area (Å²) < 4.78 is 17.5. The van der Waals surface area contributed by atoms with E-state index < -0.39 is 8.32 Å². The van der Waals surface area contributed by atoms with Crippen LogP contribution in [0, 0.1) is 11.3 Å². The zero-order valence-corrected chi connectivity index (χ0v) is 25.1. The van der Waals surface area contributed by atoms with Gasteiger partial charge in [-0.25, -0.2) is 15.0 Å². The quantitative estimate of drug-likeness (QED) is 0.230. The highest BCUT2D eigenvalue weighted by Crippen LogP contribution is 2.45. The summed E-state index contributed by atoms with van der Waals surface area (Å²) in [6, 6.07) is 12.1. The summed E-state index contributed by atoms with van der Waals surface area (Å²) in [5, 5.41) is 13.4. The summed E-state index contributed by atoms with van der Waals surface area (Å²) in [4.78, 5) is 13.5. The molecule has 0 saturated carbocycles. The Morgan fingerprint density at radius 2 is 1.92 bits per heavy atom. The Kier molecular flexibility index (Phi) is 8.40. The third kappa shape index (κ3) is 6.30. The SMILES string of the molecule is COCCOc1ncccc1Nc1nccc(-c2cc(C#N)c3c(c2)[C@](C)(CO[Si](C)(C)C(C)(C)C)CC3)n1. The summed E-state index contributed by atoms with van der Waals surface area (Å²) in [6.45, 7) is 15.1. The highest BCUT2D eigenvalue weighted by molar-refractivity contribution is 6.74.